The van der Waals surface area contributed by atoms with E-state index in [4.69, 9.17) is 5.73 Å². The molecule has 0 bridgehead atoms. The van der Waals surface area contributed by atoms with Crippen molar-refractivity contribution in [1.29, 1.82) is 0 Å². The van der Waals surface area contributed by atoms with E-state index in [-0.39, 0.29) is 5.82 Å². The molecule has 2 rings (SSSR count). The fourth-order valence-electron chi connectivity index (χ4n) is 2.67. The molecule has 1 aromatic heterocycles. The van der Waals surface area contributed by atoms with Crippen molar-refractivity contribution in [3.63, 3.8) is 0 Å². The van der Waals surface area contributed by atoms with Crippen LogP contribution < -0.4 is 11.1 Å². The van der Waals surface area contributed by atoms with Crippen LogP contribution in [0.15, 0.2) is 6.33 Å². The van der Waals surface area contributed by atoms with Crippen molar-refractivity contribution in [2.75, 3.05) is 18.4 Å². The van der Waals surface area contributed by atoms with E-state index in [9.17, 15) is 4.39 Å². The Labute approximate surface area is 107 Å². The van der Waals surface area contributed by atoms with Crippen molar-refractivity contribution in [3.8, 4) is 0 Å². The fourth-order valence-corrected chi connectivity index (χ4v) is 2.67. The molecule has 1 saturated carbocycles. The summed E-state index contributed by atoms with van der Waals surface area (Å²) in [6.45, 7) is 3.11. The molecule has 1 aromatic rings. The Morgan fingerprint density at radius 1 is 1.33 bits per heavy atom. The van der Waals surface area contributed by atoms with Crippen LogP contribution in [0.4, 0.5) is 10.2 Å². The maximum absolute atomic E-state index is 13.7. The third kappa shape index (κ3) is 2.96. The molecule has 1 aliphatic rings. The first kappa shape index (κ1) is 13.2. The van der Waals surface area contributed by atoms with Crippen LogP contribution in [0.25, 0.3) is 0 Å². The number of hydrogen-bond donors (Lipinski definition) is 2. The number of nitrogens with two attached hydrogens (primary N) is 1. The number of rotatable bonds is 4. The van der Waals surface area contributed by atoms with Crippen molar-refractivity contribution >= 4 is 5.82 Å². The number of nitrogens with one attached hydrogen (secondary N) is 1. The van der Waals surface area contributed by atoms with Crippen molar-refractivity contribution in [3.05, 3.63) is 17.8 Å². The summed E-state index contributed by atoms with van der Waals surface area (Å²) in [5.74, 6) is 1.04. The molecular weight excluding hydrogens is 231 g/mol. The van der Waals surface area contributed by atoms with Crippen LogP contribution in [0.3, 0.4) is 0 Å². The van der Waals surface area contributed by atoms with E-state index in [1.807, 2.05) is 0 Å². The average molecular weight is 252 g/mol. The molecule has 2 unspecified atom stereocenters. The van der Waals surface area contributed by atoms with Gasteiger partial charge in [-0.25, -0.2) is 14.4 Å². The van der Waals surface area contributed by atoms with Crippen LogP contribution in [-0.2, 0) is 0 Å². The first-order valence-electron chi connectivity index (χ1n) is 6.63. The van der Waals surface area contributed by atoms with Gasteiger partial charge in [-0.2, -0.15) is 0 Å². The second-order valence-corrected chi connectivity index (χ2v) is 5.04. The summed E-state index contributed by atoms with van der Waals surface area (Å²) in [6, 6.07) is 0. The average Bonchev–Trinajstić information content (AvgIpc) is 2.41. The Balaban J connectivity index is 1.96. The predicted molar refractivity (Wildman–Crippen MR) is 69.7 cm³/mol. The maximum Gasteiger partial charge on any atom is 0.186 e. The Morgan fingerprint density at radius 2 is 2.06 bits per heavy atom. The molecule has 0 aromatic carbocycles. The Morgan fingerprint density at radius 3 is 2.78 bits per heavy atom. The van der Waals surface area contributed by atoms with Crippen LogP contribution in [-0.4, -0.2) is 23.1 Å². The molecule has 0 amide bonds. The summed E-state index contributed by atoms with van der Waals surface area (Å²) in [4.78, 5) is 7.77. The molecule has 2 atom stereocenters. The second kappa shape index (κ2) is 6.09. The minimum absolute atomic E-state index is 0.309. The molecule has 1 heterocycles. The maximum atomic E-state index is 13.7. The molecule has 0 saturated heterocycles. The minimum atomic E-state index is -0.349. The SMILES string of the molecule is Cc1ncnc(NCC2CCCCC2CN)c1F. The lowest BCUT2D eigenvalue weighted by molar-refractivity contribution is 0.255. The topological polar surface area (TPSA) is 63.8 Å². The van der Waals surface area contributed by atoms with Crippen LogP contribution in [0, 0.1) is 24.6 Å². The molecule has 0 spiro atoms. The van der Waals surface area contributed by atoms with Gasteiger partial charge in [0.25, 0.3) is 0 Å². The molecule has 4 nitrogen and oxygen atoms in total. The highest BCUT2D eigenvalue weighted by atomic mass is 19.1. The third-order valence-corrected chi connectivity index (χ3v) is 3.86. The van der Waals surface area contributed by atoms with Gasteiger partial charge in [-0.3, -0.25) is 0 Å². The van der Waals surface area contributed by atoms with E-state index in [0.717, 1.165) is 13.1 Å². The van der Waals surface area contributed by atoms with Gasteiger partial charge in [0.1, 0.15) is 6.33 Å². The molecule has 1 aliphatic carbocycles. The van der Waals surface area contributed by atoms with Gasteiger partial charge in [-0.15, -0.1) is 0 Å². The molecule has 1 fully saturated rings. The van der Waals surface area contributed by atoms with Crippen LogP contribution >= 0.6 is 0 Å². The molecule has 0 aliphatic heterocycles. The van der Waals surface area contributed by atoms with Gasteiger partial charge in [-0.05, 0) is 38.1 Å². The lowest BCUT2D eigenvalue weighted by atomic mass is 9.79. The van der Waals surface area contributed by atoms with E-state index in [1.165, 1.54) is 32.0 Å². The summed E-state index contributed by atoms with van der Waals surface area (Å²) >= 11 is 0. The first-order chi connectivity index (χ1) is 8.72. The van der Waals surface area contributed by atoms with Gasteiger partial charge in [-0.1, -0.05) is 12.8 Å². The van der Waals surface area contributed by atoms with Crippen LogP contribution in [0.2, 0.25) is 0 Å². The number of nitrogens with zero attached hydrogens (tertiary/aromatic N) is 2. The van der Waals surface area contributed by atoms with Gasteiger partial charge in [0.05, 0.1) is 5.69 Å². The van der Waals surface area contributed by atoms with E-state index >= 15 is 0 Å². The number of aryl methyl sites for hydroxylation is 1. The zero-order valence-electron chi connectivity index (χ0n) is 10.8. The largest absolute Gasteiger partial charge is 0.367 e. The van der Waals surface area contributed by atoms with E-state index in [1.54, 1.807) is 6.92 Å². The standard InChI is InChI=1S/C13H21FN4/c1-9-12(14)13(18-8-17-9)16-7-11-5-3-2-4-10(11)6-15/h8,10-11H,2-7,15H2,1H3,(H,16,17,18). The van der Waals surface area contributed by atoms with Crippen molar-refractivity contribution < 1.29 is 4.39 Å². The fraction of sp³-hybridized carbons (Fsp3) is 0.692. The van der Waals surface area contributed by atoms with Crippen molar-refractivity contribution in [2.24, 2.45) is 17.6 Å². The smallest absolute Gasteiger partial charge is 0.186 e. The lowest BCUT2D eigenvalue weighted by Gasteiger charge is -2.30. The molecule has 3 N–H and O–H groups in total. The number of anilines is 1. The summed E-state index contributed by atoms with van der Waals surface area (Å²) in [6.07, 6.45) is 6.25. The summed E-state index contributed by atoms with van der Waals surface area (Å²) < 4.78 is 13.7. The predicted octanol–water partition coefficient (Wildman–Crippen LogP) is 2.10. The third-order valence-electron chi connectivity index (χ3n) is 3.86. The Hall–Kier alpha value is -1.23. The Bertz CT molecular complexity index is 397. The van der Waals surface area contributed by atoms with Crippen LogP contribution in [0.1, 0.15) is 31.4 Å². The van der Waals surface area contributed by atoms with Gasteiger partial charge in [0.2, 0.25) is 0 Å². The number of hydrogen-bond acceptors (Lipinski definition) is 4. The molecular formula is C13H21FN4. The minimum Gasteiger partial charge on any atom is -0.367 e. The lowest BCUT2D eigenvalue weighted by Crippen LogP contribution is -2.31. The van der Waals surface area contributed by atoms with E-state index in [0.29, 0.717) is 23.3 Å². The second-order valence-electron chi connectivity index (χ2n) is 5.04. The molecule has 18 heavy (non-hydrogen) atoms. The summed E-state index contributed by atoms with van der Waals surface area (Å²) in [5, 5.41) is 3.11. The number of aromatic nitrogens is 2. The van der Waals surface area contributed by atoms with Gasteiger partial charge in [0.15, 0.2) is 11.6 Å². The zero-order chi connectivity index (χ0) is 13.0. The highest BCUT2D eigenvalue weighted by molar-refractivity contribution is 5.36. The van der Waals surface area contributed by atoms with Gasteiger partial charge in [0, 0.05) is 6.54 Å². The number of halogens is 1. The summed E-state index contributed by atoms with van der Waals surface area (Å²) in [5.41, 5.74) is 6.17. The highest BCUT2D eigenvalue weighted by Gasteiger charge is 2.24. The van der Waals surface area contributed by atoms with Crippen LogP contribution in [0.5, 0.6) is 0 Å². The van der Waals surface area contributed by atoms with Gasteiger partial charge >= 0.3 is 0 Å². The van der Waals surface area contributed by atoms with Crippen molar-refractivity contribution in [2.45, 2.75) is 32.6 Å². The first-order valence-corrected chi connectivity index (χ1v) is 6.63. The van der Waals surface area contributed by atoms with E-state index < -0.39 is 0 Å². The quantitative estimate of drug-likeness (QED) is 0.861. The Kier molecular flexibility index (Phi) is 4.47. The van der Waals surface area contributed by atoms with Crippen molar-refractivity contribution in [1.82, 2.24) is 9.97 Å². The van der Waals surface area contributed by atoms with Gasteiger partial charge < -0.3 is 11.1 Å². The molecule has 100 valence electrons. The summed E-state index contributed by atoms with van der Waals surface area (Å²) in [7, 11) is 0. The molecule has 0 radical (unpaired) electrons. The monoisotopic (exact) mass is 252 g/mol. The zero-order valence-corrected chi connectivity index (χ0v) is 10.8. The van der Waals surface area contributed by atoms with E-state index in [2.05, 4.69) is 15.3 Å². The molecule has 5 heteroatoms. The normalized spacial score (nSPS) is 23.9. The highest BCUT2D eigenvalue weighted by Crippen LogP contribution is 2.29.